The van der Waals surface area contributed by atoms with Crippen molar-refractivity contribution in [2.24, 2.45) is 0 Å². The minimum absolute atomic E-state index is 0.205. The van der Waals surface area contributed by atoms with E-state index in [2.05, 4.69) is 23.6 Å². The average Bonchev–Trinajstić information content (AvgIpc) is 3.36. The number of anilines is 2. The van der Waals surface area contributed by atoms with Gasteiger partial charge in [-0.25, -0.2) is 9.97 Å². The van der Waals surface area contributed by atoms with Crippen LogP contribution in [0, 0.1) is 13.8 Å². The lowest BCUT2D eigenvalue weighted by atomic mass is 9.81. The molecule has 1 aromatic heterocycles. The van der Waals surface area contributed by atoms with Crippen LogP contribution in [-0.4, -0.2) is 47.5 Å². The van der Waals surface area contributed by atoms with Gasteiger partial charge in [-0.2, -0.15) is 0 Å². The maximum atomic E-state index is 13.0. The van der Waals surface area contributed by atoms with Gasteiger partial charge < -0.3 is 14.5 Å². The molecule has 2 saturated heterocycles. The zero-order chi connectivity index (χ0) is 22.6. The molecular weight excluding hydrogens is 412 g/mol. The van der Waals surface area contributed by atoms with Crippen molar-refractivity contribution in [1.82, 2.24) is 9.97 Å². The second-order valence-electron chi connectivity index (χ2n) is 9.81. The normalized spacial score (nSPS) is 19.8. The Hall–Kier alpha value is -3.15. The van der Waals surface area contributed by atoms with Gasteiger partial charge in [-0.3, -0.25) is 4.79 Å². The predicted molar refractivity (Wildman–Crippen MR) is 131 cm³/mol. The van der Waals surface area contributed by atoms with Crippen LogP contribution in [0.5, 0.6) is 5.75 Å². The molecule has 3 aromatic rings. The molecule has 6 nitrogen and oxygen atoms in total. The zero-order valence-corrected chi connectivity index (χ0v) is 19.4. The summed E-state index contributed by atoms with van der Waals surface area (Å²) in [6.45, 7) is 7.81. The van der Waals surface area contributed by atoms with E-state index in [9.17, 15) is 4.79 Å². The molecule has 0 bridgehead atoms. The molecule has 3 aliphatic heterocycles. The summed E-state index contributed by atoms with van der Waals surface area (Å²) in [6, 6.07) is 12.1. The van der Waals surface area contributed by atoms with Crippen molar-refractivity contribution in [2.45, 2.75) is 51.6 Å². The molecule has 0 radical (unpaired) electrons. The van der Waals surface area contributed by atoms with E-state index in [-0.39, 0.29) is 5.78 Å². The van der Waals surface area contributed by atoms with E-state index in [0.29, 0.717) is 6.42 Å². The SMILES string of the molecule is Cc1ccc2c(c1C)OC1(CCN(c3nc4ccccc4nc3N3CCCC3)CC1)CC2=O. The number of hydrogen-bond donors (Lipinski definition) is 0. The van der Waals surface area contributed by atoms with Crippen molar-refractivity contribution in [3.63, 3.8) is 0 Å². The lowest BCUT2D eigenvalue weighted by Crippen LogP contribution is -2.51. The van der Waals surface area contributed by atoms with Gasteiger partial charge in [-0.15, -0.1) is 0 Å². The van der Waals surface area contributed by atoms with E-state index in [0.717, 1.165) is 84.1 Å². The topological polar surface area (TPSA) is 58.6 Å². The van der Waals surface area contributed by atoms with Crippen LogP contribution in [0.3, 0.4) is 0 Å². The van der Waals surface area contributed by atoms with E-state index in [1.807, 2.05) is 36.4 Å². The third kappa shape index (κ3) is 3.43. The predicted octanol–water partition coefficient (Wildman–Crippen LogP) is 4.85. The molecule has 0 atom stereocenters. The molecule has 0 amide bonds. The molecule has 2 fully saturated rings. The minimum Gasteiger partial charge on any atom is -0.486 e. The molecule has 170 valence electrons. The van der Waals surface area contributed by atoms with Crippen LogP contribution in [0.2, 0.25) is 0 Å². The summed E-state index contributed by atoms with van der Waals surface area (Å²) in [5, 5.41) is 0. The minimum atomic E-state index is -0.419. The number of ketones is 1. The van der Waals surface area contributed by atoms with Crippen molar-refractivity contribution >= 4 is 28.5 Å². The number of rotatable bonds is 2. The van der Waals surface area contributed by atoms with Gasteiger partial charge in [0, 0.05) is 39.0 Å². The Morgan fingerprint density at radius 1 is 0.848 bits per heavy atom. The highest BCUT2D eigenvalue weighted by Crippen LogP contribution is 2.43. The van der Waals surface area contributed by atoms with E-state index in [1.165, 1.54) is 12.8 Å². The molecular formula is C27H30N4O2. The first-order valence-electron chi connectivity index (χ1n) is 12.1. The van der Waals surface area contributed by atoms with Gasteiger partial charge >= 0.3 is 0 Å². The molecule has 6 heteroatoms. The van der Waals surface area contributed by atoms with Crippen LogP contribution in [0.4, 0.5) is 11.6 Å². The fraction of sp³-hybridized carbons (Fsp3) is 0.444. The third-order valence-electron chi connectivity index (χ3n) is 7.69. The van der Waals surface area contributed by atoms with Gasteiger partial charge in [-0.1, -0.05) is 18.2 Å². The van der Waals surface area contributed by atoms with Crippen LogP contribution in [0.1, 0.15) is 53.6 Å². The van der Waals surface area contributed by atoms with Crippen molar-refractivity contribution in [1.29, 1.82) is 0 Å². The monoisotopic (exact) mass is 442 g/mol. The number of fused-ring (bicyclic) bond motifs is 2. The molecule has 0 saturated carbocycles. The van der Waals surface area contributed by atoms with E-state index < -0.39 is 5.60 Å². The maximum absolute atomic E-state index is 13.0. The van der Waals surface area contributed by atoms with Crippen LogP contribution >= 0.6 is 0 Å². The first-order chi connectivity index (χ1) is 16.0. The van der Waals surface area contributed by atoms with Gasteiger partial charge in [0.2, 0.25) is 0 Å². The summed E-state index contributed by atoms with van der Waals surface area (Å²) in [7, 11) is 0. The first-order valence-corrected chi connectivity index (χ1v) is 12.1. The summed E-state index contributed by atoms with van der Waals surface area (Å²) >= 11 is 0. The lowest BCUT2D eigenvalue weighted by molar-refractivity contribution is 0.0225. The van der Waals surface area contributed by atoms with Gasteiger partial charge in [0.1, 0.15) is 11.4 Å². The van der Waals surface area contributed by atoms with Crippen LogP contribution in [0.25, 0.3) is 11.0 Å². The van der Waals surface area contributed by atoms with E-state index >= 15 is 0 Å². The number of hydrogen-bond acceptors (Lipinski definition) is 6. The van der Waals surface area contributed by atoms with Gasteiger partial charge in [0.05, 0.1) is 23.0 Å². The second kappa shape index (κ2) is 7.72. The Balaban J connectivity index is 1.30. The van der Waals surface area contributed by atoms with Gasteiger partial charge in [0.15, 0.2) is 17.4 Å². The molecule has 0 N–H and O–H groups in total. The number of carbonyl (C=O) groups excluding carboxylic acids is 1. The molecule has 33 heavy (non-hydrogen) atoms. The Morgan fingerprint density at radius 3 is 2.09 bits per heavy atom. The fourth-order valence-corrected chi connectivity index (χ4v) is 5.52. The average molecular weight is 443 g/mol. The zero-order valence-electron chi connectivity index (χ0n) is 19.4. The highest BCUT2D eigenvalue weighted by Gasteiger charge is 2.44. The smallest absolute Gasteiger partial charge is 0.172 e. The lowest BCUT2D eigenvalue weighted by Gasteiger charge is -2.45. The van der Waals surface area contributed by atoms with Gasteiger partial charge in [-0.05, 0) is 56.0 Å². The Labute approximate surface area is 194 Å². The Kier molecular flexibility index (Phi) is 4.78. The Morgan fingerprint density at radius 2 is 1.45 bits per heavy atom. The van der Waals surface area contributed by atoms with Crippen molar-refractivity contribution < 1.29 is 9.53 Å². The summed E-state index contributed by atoms with van der Waals surface area (Å²) < 4.78 is 6.63. The van der Waals surface area contributed by atoms with E-state index in [4.69, 9.17) is 14.7 Å². The summed E-state index contributed by atoms with van der Waals surface area (Å²) in [4.78, 5) is 27.9. The molecule has 6 rings (SSSR count). The highest BCUT2D eigenvalue weighted by molar-refractivity contribution is 6.01. The number of Topliss-reactive ketones (excluding diaryl/α,β-unsaturated/α-hetero) is 1. The summed E-state index contributed by atoms with van der Waals surface area (Å²) in [6.07, 6.45) is 4.47. The second-order valence-corrected chi connectivity index (χ2v) is 9.81. The number of piperidine rings is 1. The van der Waals surface area contributed by atoms with Crippen molar-refractivity contribution in [2.75, 3.05) is 36.0 Å². The van der Waals surface area contributed by atoms with Crippen molar-refractivity contribution in [3.8, 4) is 5.75 Å². The fourth-order valence-electron chi connectivity index (χ4n) is 5.52. The van der Waals surface area contributed by atoms with Gasteiger partial charge in [0.25, 0.3) is 0 Å². The molecule has 0 unspecified atom stereocenters. The summed E-state index contributed by atoms with van der Waals surface area (Å²) in [5.74, 6) is 2.97. The number of aryl methyl sites for hydroxylation is 1. The molecule has 0 aliphatic carbocycles. The number of aromatic nitrogens is 2. The van der Waals surface area contributed by atoms with E-state index in [1.54, 1.807) is 0 Å². The number of carbonyl (C=O) groups is 1. The van der Waals surface area contributed by atoms with Crippen LogP contribution < -0.4 is 14.5 Å². The summed E-state index contributed by atoms with van der Waals surface area (Å²) in [5.41, 5.74) is 4.44. The van der Waals surface area contributed by atoms with Crippen molar-refractivity contribution in [3.05, 3.63) is 53.1 Å². The number of ether oxygens (including phenoxy) is 1. The number of para-hydroxylation sites is 2. The quantitative estimate of drug-likeness (QED) is 0.565. The maximum Gasteiger partial charge on any atom is 0.172 e. The standard InChI is InChI=1S/C27H30N4O2/c1-18-9-10-20-23(32)17-27(33-24(20)19(18)2)11-15-31(16-12-27)26-25(30-13-5-6-14-30)28-21-7-3-4-8-22(21)29-26/h3-4,7-10H,5-6,11-17H2,1-2H3. The number of benzene rings is 2. The highest BCUT2D eigenvalue weighted by atomic mass is 16.5. The number of nitrogens with zero attached hydrogens (tertiary/aromatic N) is 4. The largest absolute Gasteiger partial charge is 0.486 e. The third-order valence-corrected chi connectivity index (χ3v) is 7.69. The Bertz CT molecular complexity index is 1240. The first kappa shape index (κ1) is 20.5. The molecule has 3 aliphatic rings. The molecule has 2 aromatic carbocycles. The van der Waals surface area contributed by atoms with Crippen LogP contribution in [0.15, 0.2) is 36.4 Å². The van der Waals surface area contributed by atoms with Crippen LogP contribution in [-0.2, 0) is 0 Å². The molecule has 4 heterocycles. The molecule has 1 spiro atoms.